The quantitative estimate of drug-likeness (QED) is 0.728. The summed E-state index contributed by atoms with van der Waals surface area (Å²) in [5, 5.41) is 2.98. The average molecular weight is 447 g/mol. The average Bonchev–Trinajstić information content (AvgIpc) is 3.55. The first-order chi connectivity index (χ1) is 15.9. The highest BCUT2D eigenvalue weighted by molar-refractivity contribution is 6.12. The summed E-state index contributed by atoms with van der Waals surface area (Å²) in [6.07, 6.45) is 2.57. The third kappa shape index (κ3) is 2.64. The summed E-state index contributed by atoms with van der Waals surface area (Å²) >= 11 is 0. The number of amides is 2. The van der Waals surface area contributed by atoms with Crippen LogP contribution in [0.3, 0.4) is 0 Å². The van der Waals surface area contributed by atoms with Crippen molar-refractivity contribution in [3.05, 3.63) is 47.5 Å². The lowest BCUT2D eigenvalue weighted by atomic mass is 9.78. The van der Waals surface area contributed by atoms with Crippen molar-refractivity contribution >= 4 is 29.0 Å². The maximum Gasteiger partial charge on any atom is 0.252 e. The van der Waals surface area contributed by atoms with Crippen LogP contribution in [0.1, 0.15) is 42.1 Å². The molecule has 6 rings (SSSR count). The predicted octanol–water partition coefficient (Wildman–Crippen LogP) is 2.91. The van der Waals surface area contributed by atoms with Crippen molar-refractivity contribution in [3.8, 4) is 11.5 Å². The number of ketones is 1. The van der Waals surface area contributed by atoms with Crippen LogP contribution in [0.5, 0.6) is 11.5 Å². The molecule has 2 aromatic carbocycles. The number of likely N-dealkylation sites (N-methyl/N-ethyl adjacent to an activating group) is 1. The van der Waals surface area contributed by atoms with Crippen LogP contribution in [0.25, 0.3) is 0 Å². The van der Waals surface area contributed by atoms with Crippen LogP contribution < -0.4 is 19.7 Å². The van der Waals surface area contributed by atoms with E-state index in [1.807, 2.05) is 24.3 Å². The fourth-order valence-electron chi connectivity index (χ4n) is 6.22. The number of para-hydroxylation sites is 1. The van der Waals surface area contributed by atoms with E-state index in [-0.39, 0.29) is 30.4 Å². The summed E-state index contributed by atoms with van der Waals surface area (Å²) in [4.78, 5) is 43.9. The SMILES string of the molecule is CC(=O)c1cc2c(cc1NC(=O)[C@@H]1C[C@H]3CCCN3[C@@]13C(=O)N(C)c1ccccc13)OCO2. The molecule has 8 nitrogen and oxygen atoms in total. The second-order valence-corrected chi connectivity index (χ2v) is 9.22. The fourth-order valence-corrected chi connectivity index (χ4v) is 6.22. The van der Waals surface area contributed by atoms with Gasteiger partial charge in [-0.1, -0.05) is 18.2 Å². The highest BCUT2D eigenvalue weighted by Crippen LogP contribution is 2.57. The molecule has 4 aliphatic heterocycles. The Morgan fingerprint density at radius 2 is 1.91 bits per heavy atom. The van der Waals surface area contributed by atoms with Crippen LogP contribution in [0.4, 0.5) is 11.4 Å². The van der Waals surface area contributed by atoms with Crippen molar-refractivity contribution in [2.45, 2.75) is 37.8 Å². The van der Waals surface area contributed by atoms with Crippen LogP contribution in [-0.4, -0.2) is 48.9 Å². The summed E-state index contributed by atoms with van der Waals surface area (Å²) in [7, 11) is 1.78. The number of carbonyl (C=O) groups excluding carboxylic acids is 3. The first kappa shape index (κ1) is 20.2. The molecule has 0 bridgehead atoms. The van der Waals surface area contributed by atoms with E-state index in [4.69, 9.17) is 9.47 Å². The lowest BCUT2D eigenvalue weighted by Gasteiger charge is -2.37. The zero-order valence-electron chi connectivity index (χ0n) is 18.6. The van der Waals surface area contributed by atoms with E-state index in [0.717, 1.165) is 30.6 Å². The maximum absolute atomic E-state index is 13.9. The molecule has 2 aromatic rings. The zero-order chi connectivity index (χ0) is 22.9. The van der Waals surface area contributed by atoms with Crippen molar-refractivity contribution in [2.75, 3.05) is 30.6 Å². The number of hydrogen-bond donors (Lipinski definition) is 1. The Labute approximate surface area is 191 Å². The maximum atomic E-state index is 13.9. The lowest BCUT2D eigenvalue weighted by Crippen LogP contribution is -2.55. The lowest BCUT2D eigenvalue weighted by molar-refractivity contribution is -0.136. The number of anilines is 2. The standard InChI is InChI=1S/C25H25N3O5/c1-14(29)16-11-21-22(33-13-32-21)12-19(16)26-23(30)18-10-15-6-5-9-28(15)25(18)17-7-3-4-8-20(17)27(2)24(25)31/h3-4,7-8,11-12,15,18H,5-6,9-10,13H2,1-2H3,(H,26,30)/t15-,18+,25-/m1/s1. The van der Waals surface area contributed by atoms with Gasteiger partial charge in [0.25, 0.3) is 5.91 Å². The van der Waals surface area contributed by atoms with Crippen LogP contribution in [0, 0.1) is 5.92 Å². The number of fused-ring (bicyclic) bond motifs is 5. The van der Waals surface area contributed by atoms with Gasteiger partial charge in [-0.25, -0.2) is 0 Å². The van der Waals surface area contributed by atoms with Gasteiger partial charge in [-0.2, -0.15) is 0 Å². The Morgan fingerprint density at radius 1 is 1.15 bits per heavy atom. The first-order valence-corrected chi connectivity index (χ1v) is 11.3. The number of rotatable bonds is 3. The van der Waals surface area contributed by atoms with E-state index in [1.165, 1.54) is 6.92 Å². The zero-order valence-corrected chi connectivity index (χ0v) is 18.6. The van der Waals surface area contributed by atoms with Gasteiger partial charge in [0, 0.05) is 36.0 Å². The normalized spacial score (nSPS) is 27.2. The molecule has 2 saturated heterocycles. The summed E-state index contributed by atoms with van der Waals surface area (Å²) in [5.74, 6) is -0.120. The second kappa shape index (κ2) is 7.05. The molecule has 2 fully saturated rings. The van der Waals surface area contributed by atoms with Gasteiger partial charge in [-0.15, -0.1) is 0 Å². The highest BCUT2D eigenvalue weighted by Gasteiger charge is 2.66. The highest BCUT2D eigenvalue weighted by atomic mass is 16.7. The van der Waals surface area contributed by atoms with Gasteiger partial charge in [0.2, 0.25) is 12.7 Å². The number of nitrogens with zero attached hydrogens (tertiary/aromatic N) is 2. The van der Waals surface area contributed by atoms with Crippen molar-refractivity contribution in [1.82, 2.24) is 4.90 Å². The molecule has 2 amide bonds. The topological polar surface area (TPSA) is 88.2 Å². The molecule has 0 unspecified atom stereocenters. The smallest absolute Gasteiger partial charge is 0.252 e. The summed E-state index contributed by atoms with van der Waals surface area (Å²) in [6.45, 7) is 2.31. The van der Waals surface area contributed by atoms with Gasteiger partial charge in [0.1, 0.15) is 5.54 Å². The number of Topliss-reactive ketones (excluding diaryl/α,β-unsaturated/α-hetero) is 1. The largest absolute Gasteiger partial charge is 0.454 e. The van der Waals surface area contributed by atoms with Gasteiger partial charge < -0.3 is 19.7 Å². The first-order valence-electron chi connectivity index (χ1n) is 11.3. The molecule has 1 N–H and O–H groups in total. The molecule has 170 valence electrons. The predicted molar refractivity (Wildman–Crippen MR) is 121 cm³/mol. The molecular formula is C25H25N3O5. The molecular weight excluding hydrogens is 422 g/mol. The van der Waals surface area contributed by atoms with Gasteiger partial charge in [0.05, 0.1) is 11.6 Å². The molecule has 0 aromatic heterocycles. The third-order valence-corrected chi connectivity index (χ3v) is 7.62. The minimum atomic E-state index is -1.02. The Hall–Kier alpha value is -3.39. The second-order valence-electron chi connectivity index (χ2n) is 9.22. The van der Waals surface area contributed by atoms with E-state index in [9.17, 15) is 14.4 Å². The molecule has 3 atom stereocenters. The molecule has 4 heterocycles. The molecule has 0 aliphatic carbocycles. The number of carbonyl (C=O) groups is 3. The van der Waals surface area contributed by atoms with E-state index >= 15 is 0 Å². The van der Waals surface area contributed by atoms with Gasteiger partial charge in [-0.3, -0.25) is 19.3 Å². The van der Waals surface area contributed by atoms with Gasteiger partial charge >= 0.3 is 0 Å². The van der Waals surface area contributed by atoms with Crippen molar-refractivity contribution < 1.29 is 23.9 Å². The Morgan fingerprint density at radius 3 is 2.70 bits per heavy atom. The molecule has 4 aliphatic rings. The third-order valence-electron chi connectivity index (χ3n) is 7.62. The molecule has 0 saturated carbocycles. The van der Waals surface area contributed by atoms with Crippen molar-refractivity contribution in [3.63, 3.8) is 0 Å². The summed E-state index contributed by atoms with van der Waals surface area (Å²) in [5.41, 5.74) is 1.45. The fraction of sp³-hybridized carbons (Fsp3) is 0.400. The number of nitrogens with one attached hydrogen (secondary N) is 1. The minimum absolute atomic E-state index is 0.0641. The summed E-state index contributed by atoms with van der Waals surface area (Å²) < 4.78 is 10.9. The Kier molecular flexibility index (Phi) is 4.32. The van der Waals surface area contributed by atoms with Gasteiger partial charge in [0.15, 0.2) is 17.3 Å². The van der Waals surface area contributed by atoms with Crippen molar-refractivity contribution in [1.29, 1.82) is 0 Å². The van der Waals surface area contributed by atoms with E-state index in [0.29, 0.717) is 29.2 Å². The Bertz CT molecular complexity index is 1210. The van der Waals surface area contributed by atoms with Crippen LogP contribution in [0.2, 0.25) is 0 Å². The van der Waals surface area contributed by atoms with E-state index < -0.39 is 11.5 Å². The number of ether oxygens (including phenoxy) is 2. The van der Waals surface area contributed by atoms with Crippen LogP contribution >= 0.6 is 0 Å². The van der Waals surface area contributed by atoms with Crippen molar-refractivity contribution in [2.24, 2.45) is 5.92 Å². The molecule has 1 spiro atoms. The monoisotopic (exact) mass is 447 g/mol. The Balaban J connectivity index is 1.43. The van der Waals surface area contributed by atoms with E-state index in [2.05, 4.69) is 10.2 Å². The number of hydrogen-bond acceptors (Lipinski definition) is 6. The van der Waals surface area contributed by atoms with Gasteiger partial charge in [-0.05, 0) is 44.9 Å². The molecule has 0 radical (unpaired) electrons. The molecule has 33 heavy (non-hydrogen) atoms. The molecule has 8 heteroatoms. The number of benzene rings is 2. The van der Waals surface area contributed by atoms with Crippen LogP contribution in [0.15, 0.2) is 36.4 Å². The van der Waals surface area contributed by atoms with Crippen LogP contribution in [-0.2, 0) is 15.1 Å². The van der Waals surface area contributed by atoms with E-state index in [1.54, 1.807) is 24.1 Å². The minimum Gasteiger partial charge on any atom is -0.454 e. The summed E-state index contributed by atoms with van der Waals surface area (Å²) in [6, 6.07) is 11.2.